The average Bonchev–Trinajstić information content (AvgIpc) is 2.92. The van der Waals surface area contributed by atoms with Gasteiger partial charge in [0.15, 0.2) is 5.82 Å². The van der Waals surface area contributed by atoms with Crippen LogP contribution >= 0.6 is 0 Å². The van der Waals surface area contributed by atoms with Gasteiger partial charge in [0.25, 0.3) is 5.89 Å². The third-order valence-corrected chi connectivity index (χ3v) is 4.07. The van der Waals surface area contributed by atoms with E-state index in [0.29, 0.717) is 23.1 Å². The Hall–Kier alpha value is -1.91. The Morgan fingerprint density at radius 1 is 1.25 bits per heavy atom. The molecule has 0 unspecified atom stereocenters. The summed E-state index contributed by atoms with van der Waals surface area (Å²) in [6.45, 7) is 2.27. The van der Waals surface area contributed by atoms with E-state index in [1.807, 2.05) is 0 Å². The largest absolute Gasteiger partial charge is 0.398 e. The lowest BCUT2D eigenvalue weighted by molar-refractivity contribution is 0.329. The summed E-state index contributed by atoms with van der Waals surface area (Å²) < 4.78 is 18.6. The van der Waals surface area contributed by atoms with E-state index in [1.54, 1.807) is 0 Å². The number of hydrogen-bond acceptors (Lipinski definition) is 4. The summed E-state index contributed by atoms with van der Waals surface area (Å²) in [5.74, 6) is 1.78. The normalized spacial score (nSPS) is 22.9. The Morgan fingerprint density at radius 3 is 2.75 bits per heavy atom. The van der Waals surface area contributed by atoms with E-state index >= 15 is 0 Å². The molecule has 0 atom stereocenters. The van der Waals surface area contributed by atoms with E-state index in [9.17, 15) is 4.39 Å². The molecule has 5 heteroatoms. The Morgan fingerprint density at radius 2 is 2.00 bits per heavy atom. The fraction of sp³-hybridized carbons (Fsp3) is 0.467. The second-order valence-electron chi connectivity index (χ2n) is 5.65. The van der Waals surface area contributed by atoms with E-state index < -0.39 is 0 Å². The number of nitrogens with two attached hydrogens (primary N) is 1. The van der Waals surface area contributed by atoms with E-state index in [0.717, 1.165) is 24.6 Å². The van der Waals surface area contributed by atoms with Gasteiger partial charge in [-0.05, 0) is 37.0 Å². The fourth-order valence-electron chi connectivity index (χ4n) is 2.74. The first-order valence-electron chi connectivity index (χ1n) is 7.02. The number of nitrogen functional groups attached to an aromatic ring is 1. The van der Waals surface area contributed by atoms with Crippen LogP contribution in [0.1, 0.15) is 44.3 Å². The van der Waals surface area contributed by atoms with Crippen molar-refractivity contribution in [2.45, 2.75) is 38.5 Å². The van der Waals surface area contributed by atoms with Crippen molar-refractivity contribution < 1.29 is 8.91 Å². The molecule has 4 nitrogen and oxygen atoms in total. The van der Waals surface area contributed by atoms with Gasteiger partial charge in [0.2, 0.25) is 0 Å². The molecule has 2 aromatic rings. The van der Waals surface area contributed by atoms with Crippen LogP contribution in [0.25, 0.3) is 11.5 Å². The number of nitrogens with zero attached hydrogens (tertiary/aromatic N) is 2. The highest BCUT2D eigenvalue weighted by molar-refractivity contribution is 5.70. The van der Waals surface area contributed by atoms with Gasteiger partial charge in [-0.3, -0.25) is 0 Å². The van der Waals surface area contributed by atoms with E-state index in [-0.39, 0.29) is 5.82 Å². The smallest absolute Gasteiger partial charge is 0.260 e. The molecule has 3 rings (SSSR count). The standard InChI is InChI=1S/C15H18FN3O/c1-9-2-4-10(5-3-9)14-18-15(20-19-14)12-8-11(16)6-7-13(12)17/h6-10H,2-5,17H2,1H3. The van der Waals surface area contributed by atoms with Gasteiger partial charge in [-0.15, -0.1) is 0 Å². The maximum atomic E-state index is 13.3. The molecule has 1 aromatic heterocycles. The molecule has 1 fully saturated rings. The minimum atomic E-state index is -0.361. The number of rotatable bonds is 2. The lowest BCUT2D eigenvalue weighted by atomic mass is 9.83. The molecule has 0 aliphatic heterocycles. The van der Waals surface area contributed by atoms with Crippen LogP contribution in [0.5, 0.6) is 0 Å². The van der Waals surface area contributed by atoms with Gasteiger partial charge in [-0.2, -0.15) is 4.98 Å². The monoisotopic (exact) mass is 275 g/mol. The average molecular weight is 275 g/mol. The number of anilines is 1. The van der Waals surface area contributed by atoms with Crippen LogP contribution in [0.15, 0.2) is 22.7 Å². The first-order chi connectivity index (χ1) is 9.63. The van der Waals surface area contributed by atoms with Crippen molar-refractivity contribution in [3.8, 4) is 11.5 Å². The summed E-state index contributed by atoms with van der Waals surface area (Å²) >= 11 is 0. The lowest BCUT2D eigenvalue weighted by Gasteiger charge is -2.23. The van der Waals surface area contributed by atoms with Gasteiger partial charge >= 0.3 is 0 Å². The number of halogens is 1. The van der Waals surface area contributed by atoms with Crippen molar-refractivity contribution in [3.63, 3.8) is 0 Å². The van der Waals surface area contributed by atoms with Crippen LogP contribution in [0.4, 0.5) is 10.1 Å². The molecule has 0 spiro atoms. The van der Waals surface area contributed by atoms with Crippen molar-refractivity contribution in [3.05, 3.63) is 29.8 Å². The molecule has 2 N–H and O–H groups in total. The van der Waals surface area contributed by atoms with Crippen LogP contribution in [-0.2, 0) is 0 Å². The zero-order valence-electron chi connectivity index (χ0n) is 11.5. The molecule has 1 aromatic carbocycles. The molecule has 0 amide bonds. The predicted octanol–water partition coefficient (Wildman–Crippen LogP) is 3.75. The Balaban J connectivity index is 1.85. The van der Waals surface area contributed by atoms with E-state index in [1.165, 1.54) is 31.0 Å². The molecule has 0 saturated heterocycles. The van der Waals surface area contributed by atoms with Crippen LogP contribution in [0, 0.1) is 11.7 Å². The summed E-state index contributed by atoms with van der Waals surface area (Å²) in [5, 5.41) is 4.05. The van der Waals surface area contributed by atoms with Crippen LogP contribution in [0.3, 0.4) is 0 Å². The van der Waals surface area contributed by atoms with Gasteiger partial charge in [0, 0.05) is 11.6 Å². The maximum Gasteiger partial charge on any atom is 0.260 e. The molecule has 1 aliphatic rings. The molecular formula is C15H18FN3O. The van der Waals surface area contributed by atoms with Crippen LogP contribution in [0.2, 0.25) is 0 Å². The molecule has 1 aliphatic carbocycles. The number of hydrogen-bond donors (Lipinski definition) is 1. The van der Waals surface area contributed by atoms with Gasteiger partial charge in [-0.1, -0.05) is 24.9 Å². The summed E-state index contributed by atoms with van der Waals surface area (Å²) in [6.07, 6.45) is 4.55. The first-order valence-corrected chi connectivity index (χ1v) is 7.02. The molecule has 1 saturated carbocycles. The molecular weight excluding hydrogens is 257 g/mol. The zero-order valence-corrected chi connectivity index (χ0v) is 11.5. The van der Waals surface area contributed by atoms with Crippen LogP contribution < -0.4 is 5.73 Å². The van der Waals surface area contributed by atoms with Gasteiger partial charge in [0.05, 0.1) is 5.56 Å². The summed E-state index contributed by atoms with van der Waals surface area (Å²) in [4.78, 5) is 4.41. The maximum absolute atomic E-state index is 13.3. The van der Waals surface area contributed by atoms with E-state index in [4.69, 9.17) is 10.3 Å². The number of aromatic nitrogens is 2. The van der Waals surface area contributed by atoms with Crippen molar-refractivity contribution in [2.75, 3.05) is 5.73 Å². The Bertz CT molecular complexity index is 603. The summed E-state index contributed by atoms with van der Waals surface area (Å²) in [5.41, 5.74) is 6.74. The molecule has 20 heavy (non-hydrogen) atoms. The highest BCUT2D eigenvalue weighted by atomic mass is 19.1. The lowest BCUT2D eigenvalue weighted by Crippen LogP contribution is -2.11. The molecule has 0 bridgehead atoms. The van der Waals surface area contributed by atoms with Crippen LogP contribution in [-0.4, -0.2) is 10.1 Å². The second-order valence-corrected chi connectivity index (χ2v) is 5.65. The van der Waals surface area contributed by atoms with Gasteiger partial charge < -0.3 is 10.3 Å². The predicted molar refractivity (Wildman–Crippen MR) is 74.5 cm³/mol. The van der Waals surface area contributed by atoms with Crippen molar-refractivity contribution >= 4 is 5.69 Å². The quantitative estimate of drug-likeness (QED) is 0.848. The fourth-order valence-corrected chi connectivity index (χ4v) is 2.74. The van der Waals surface area contributed by atoms with E-state index in [2.05, 4.69) is 17.1 Å². The van der Waals surface area contributed by atoms with Crippen molar-refractivity contribution in [2.24, 2.45) is 5.92 Å². The number of benzene rings is 1. The minimum absolute atomic E-state index is 0.302. The molecule has 1 heterocycles. The summed E-state index contributed by atoms with van der Waals surface area (Å²) in [6, 6.07) is 4.16. The first kappa shape index (κ1) is 13.1. The SMILES string of the molecule is CC1CCC(c2noc(-c3cc(F)ccc3N)n2)CC1. The van der Waals surface area contributed by atoms with Gasteiger partial charge in [-0.25, -0.2) is 4.39 Å². The molecule has 0 radical (unpaired) electrons. The highest BCUT2D eigenvalue weighted by Crippen LogP contribution is 2.35. The second kappa shape index (κ2) is 5.23. The van der Waals surface area contributed by atoms with Crippen molar-refractivity contribution in [1.82, 2.24) is 10.1 Å². The minimum Gasteiger partial charge on any atom is -0.398 e. The third-order valence-electron chi connectivity index (χ3n) is 4.07. The zero-order chi connectivity index (χ0) is 14.1. The third kappa shape index (κ3) is 2.53. The Kier molecular flexibility index (Phi) is 3.42. The Labute approximate surface area is 117 Å². The van der Waals surface area contributed by atoms with Gasteiger partial charge in [0.1, 0.15) is 5.82 Å². The van der Waals surface area contributed by atoms with Crippen molar-refractivity contribution in [1.29, 1.82) is 0 Å². The highest BCUT2D eigenvalue weighted by Gasteiger charge is 2.24. The molecule has 106 valence electrons. The topological polar surface area (TPSA) is 64.9 Å². The summed E-state index contributed by atoms with van der Waals surface area (Å²) in [7, 11) is 0.